The number of halogens is 14. The van der Waals surface area contributed by atoms with Crippen LogP contribution in [0.25, 0.3) is 0 Å². The number of unbranched alkanes of at least 4 members (excludes halogenated alkanes) is 4. The van der Waals surface area contributed by atoms with Crippen LogP contribution in [-0.4, -0.2) is 54.5 Å². The first-order chi connectivity index (χ1) is 13.6. The molecule has 0 bridgehead atoms. The zero-order chi connectivity index (χ0) is 25.1. The molecular weight excluding hydrogens is 478 g/mol. The predicted molar refractivity (Wildman–Crippen MR) is 75.4 cm³/mol. The van der Waals surface area contributed by atoms with Crippen molar-refractivity contribution in [2.75, 3.05) is 6.61 Å². The summed E-state index contributed by atoms with van der Waals surface area (Å²) >= 11 is 0. The Morgan fingerprint density at radius 1 is 0.677 bits per heavy atom. The highest BCUT2D eigenvalue weighted by atomic mass is 19.4. The molecular formula is C15H16F14O2. The lowest BCUT2D eigenvalue weighted by Crippen LogP contribution is -2.71. The van der Waals surface area contributed by atoms with E-state index in [4.69, 9.17) is 0 Å². The van der Waals surface area contributed by atoms with Crippen molar-refractivity contribution >= 4 is 5.97 Å². The van der Waals surface area contributed by atoms with Crippen LogP contribution in [-0.2, 0) is 9.53 Å². The molecule has 0 aliphatic rings. The lowest BCUT2D eigenvalue weighted by molar-refractivity contribution is -0.442. The zero-order valence-electron chi connectivity index (χ0n) is 15.4. The van der Waals surface area contributed by atoms with Gasteiger partial charge in [0.2, 0.25) is 0 Å². The van der Waals surface area contributed by atoms with Gasteiger partial charge in [0.15, 0.2) is 0 Å². The maximum Gasteiger partial charge on any atom is 0.460 e. The fourth-order valence-electron chi connectivity index (χ4n) is 2.04. The number of hydrogen-bond donors (Lipinski definition) is 0. The molecule has 16 heteroatoms. The first-order valence-corrected chi connectivity index (χ1v) is 8.41. The van der Waals surface area contributed by atoms with Crippen molar-refractivity contribution < 1.29 is 71.0 Å². The minimum Gasteiger partial charge on any atom is -0.463 e. The monoisotopic (exact) mass is 494 g/mol. The highest BCUT2D eigenvalue weighted by Crippen LogP contribution is 2.60. The second-order valence-corrected chi connectivity index (χ2v) is 6.36. The van der Waals surface area contributed by atoms with Crippen LogP contribution in [0.1, 0.15) is 39.0 Å². The summed E-state index contributed by atoms with van der Waals surface area (Å²) in [5.41, 5.74) is 0. The number of esters is 1. The summed E-state index contributed by atoms with van der Waals surface area (Å²) in [4.78, 5) is 11.1. The third kappa shape index (κ3) is 5.29. The van der Waals surface area contributed by atoms with Crippen molar-refractivity contribution in [1.29, 1.82) is 0 Å². The van der Waals surface area contributed by atoms with E-state index in [2.05, 4.69) is 4.74 Å². The van der Waals surface area contributed by atoms with Gasteiger partial charge in [-0.25, -0.2) is 9.18 Å². The summed E-state index contributed by atoms with van der Waals surface area (Å²) in [6.07, 6.45) is -10.6. The Morgan fingerprint density at radius 2 is 1.10 bits per heavy atom. The SMILES string of the molecule is CCCCCCCOC(=O)C(F)C(F)(F)C(F)(F)C(F)(F)C(F)(F)C(F)(F)C(F)(F)F. The van der Waals surface area contributed by atoms with E-state index in [-0.39, 0.29) is 12.8 Å². The van der Waals surface area contributed by atoms with Gasteiger partial charge in [0.05, 0.1) is 6.61 Å². The van der Waals surface area contributed by atoms with Gasteiger partial charge in [0.25, 0.3) is 6.17 Å². The molecule has 0 saturated heterocycles. The maximum atomic E-state index is 13.5. The van der Waals surface area contributed by atoms with Crippen LogP contribution in [0.3, 0.4) is 0 Å². The fraction of sp³-hybridized carbons (Fsp3) is 0.933. The van der Waals surface area contributed by atoms with E-state index in [1.807, 2.05) is 0 Å². The summed E-state index contributed by atoms with van der Waals surface area (Å²) < 4.78 is 185. The van der Waals surface area contributed by atoms with Gasteiger partial charge in [-0.1, -0.05) is 32.6 Å². The van der Waals surface area contributed by atoms with Crippen LogP contribution in [0.4, 0.5) is 61.5 Å². The van der Waals surface area contributed by atoms with E-state index < -0.39 is 54.5 Å². The van der Waals surface area contributed by atoms with E-state index in [1.165, 1.54) is 0 Å². The lowest BCUT2D eigenvalue weighted by atomic mass is 9.92. The Morgan fingerprint density at radius 3 is 1.52 bits per heavy atom. The molecule has 0 aromatic carbocycles. The van der Waals surface area contributed by atoms with Gasteiger partial charge in [-0.2, -0.15) is 57.1 Å². The van der Waals surface area contributed by atoms with E-state index in [0.29, 0.717) is 12.8 Å². The van der Waals surface area contributed by atoms with E-state index in [1.54, 1.807) is 6.92 Å². The second kappa shape index (κ2) is 9.55. The number of alkyl halides is 14. The molecule has 1 atom stereocenters. The first kappa shape index (κ1) is 29.5. The Balaban J connectivity index is 5.67. The third-order valence-electron chi connectivity index (χ3n) is 3.98. The van der Waals surface area contributed by atoms with Gasteiger partial charge in [-0.3, -0.25) is 0 Å². The topological polar surface area (TPSA) is 26.3 Å². The van der Waals surface area contributed by atoms with Crippen LogP contribution in [0.2, 0.25) is 0 Å². The molecule has 0 saturated carbocycles. The number of rotatable bonds is 12. The zero-order valence-corrected chi connectivity index (χ0v) is 15.4. The molecule has 0 rings (SSSR count). The Labute approximate surface area is 165 Å². The minimum atomic E-state index is -8.16. The van der Waals surface area contributed by atoms with Gasteiger partial charge in [-0.05, 0) is 6.42 Å². The molecule has 31 heavy (non-hydrogen) atoms. The normalized spacial score (nSPS) is 15.7. The smallest absolute Gasteiger partial charge is 0.460 e. The first-order valence-electron chi connectivity index (χ1n) is 8.41. The number of carbonyl (C=O) groups is 1. The number of hydrogen-bond acceptors (Lipinski definition) is 2. The Kier molecular flexibility index (Phi) is 9.08. The predicted octanol–water partition coefficient (Wildman–Crippen LogP) is 6.58. The van der Waals surface area contributed by atoms with Crippen molar-refractivity contribution in [1.82, 2.24) is 0 Å². The van der Waals surface area contributed by atoms with Crippen LogP contribution in [0, 0.1) is 0 Å². The van der Waals surface area contributed by atoms with Gasteiger partial charge >= 0.3 is 41.8 Å². The summed E-state index contributed by atoms with van der Waals surface area (Å²) in [7, 11) is 0. The number of ether oxygens (including phenoxy) is 1. The summed E-state index contributed by atoms with van der Waals surface area (Å²) in [6, 6.07) is 0. The molecule has 0 N–H and O–H groups in total. The fourth-order valence-corrected chi connectivity index (χ4v) is 2.04. The molecule has 0 fully saturated rings. The Hall–Kier alpha value is -1.51. The van der Waals surface area contributed by atoms with Gasteiger partial charge < -0.3 is 4.74 Å². The van der Waals surface area contributed by atoms with Crippen LogP contribution >= 0.6 is 0 Å². The highest BCUT2D eigenvalue weighted by molar-refractivity contribution is 5.76. The summed E-state index contributed by atoms with van der Waals surface area (Å²) in [5, 5.41) is 0. The molecule has 0 aliphatic heterocycles. The largest absolute Gasteiger partial charge is 0.463 e. The van der Waals surface area contributed by atoms with Crippen LogP contribution in [0.15, 0.2) is 0 Å². The van der Waals surface area contributed by atoms with E-state index in [9.17, 15) is 66.3 Å². The third-order valence-corrected chi connectivity index (χ3v) is 3.98. The minimum absolute atomic E-state index is 0.119. The molecule has 0 amide bonds. The van der Waals surface area contributed by atoms with E-state index in [0.717, 1.165) is 6.42 Å². The lowest BCUT2D eigenvalue weighted by Gasteiger charge is -2.40. The molecule has 1 unspecified atom stereocenters. The Bertz CT molecular complexity index is 599. The molecule has 0 heterocycles. The second-order valence-electron chi connectivity index (χ2n) is 6.36. The van der Waals surface area contributed by atoms with Crippen molar-refractivity contribution in [2.45, 2.75) is 81.0 Å². The van der Waals surface area contributed by atoms with E-state index >= 15 is 0 Å². The van der Waals surface area contributed by atoms with Gasteiger partial charge in [-0.15, -0.1) is 0 Å². The average molecular weight is 494 g/mol. The van der Waals surface area contributed by atoms with Crippen molar-refractivity contribution in [3.05, 3.63) is 0 Å². The van der Waals surface area contributed by atoms with Crippen molar-refractivity contribution in [3.8, 4) is 0 Å². The quantitative estimate of drug-likeness (QED) is 0.174. The molecule has 0 aromatic rings. The molecule has 0 spiro atoms. The average Bonchev–Trinajstić information content (AvgIpc) is 2.61. The highest BCUT2D eigenvalue weighted by Gasteiger charge is 2.91. The maximum absolute atomic E-state index is 13.5. The molecule has 0 aliphatic carbocycles. The van der Waals surface area contributed by atoms with Gasteiger partial charge in [0.1, 0.15) is 0 Å². The summed E-state index contributed by atoms with van der Waals surface area (Å²) in [6.45, 7) is 0.920. The van der Waals surface area contributed by atoms with Crippen molar-refractivity contribution in [2.24, 2.45) is 0 Å². The molecule has 2 nitrogen and oxygen atoms in total. The molecule has 0 aromatic heterocycles. The van der Waals surface area contributed by atoms with Crippen molar-refractivity contribution in [3.63, 3.8) is 0 Å². The standard InChI is InChI=1S/C15H16F14O2/c1-2-3-4-5-6-7-31-9(30)8(16)10(17,18)11(19,20)12(21,22)13(23,24)14(25,26)15(27,28)29/h8H,2-7H2,1H3. The summed E-state index contributed by atoms with van der Waals surface area (Å²) in [5.74, 6) is -42.2. The molecule has 0 radical (unpaired) electrons. The van der Waals surface area contributed by atoms with Gasteiger partial charge in [0, 0.05) is 0 Å². The molecule has 186 valence electrons. The van der Waals surface area contributed by atoms with Crippen LogP contribution in [0.5, 0.6) is 0 Å². The number of carbonyl (C=O) groups excluding carboxylic acids is 1. The van der Waals surface area contributed by atoms with Crippen LogP contribution < -0.4 is 0 Å².